The van der Waals surface area contributed by atoms with Crippen molar-refractivity contribution >= 4 is 27.3 Å². The molecule has 2 N–H and O–H groups in total. The Labute approximate surface area is 117 Å². The van der Waals surface area contributed by atoms with Crippen molar-refractivity contribution in [3.63, 3.8) is 0 Å². The van der Waals surface area contributed by atoms with E-state index in [0.717, 1.165) is 6.42 Å². The van der Waals surface area contributed by atoms with Crippen molar-refractivity contribution < 1.29 is 18.3 Å². The average Bonchev–Trinajstić information content (AvgIpc) is 2.87. The predicted molar refractivity (Wildman–Crippen MR) is 74.8 cm³/mol. The van der Waals surface area contributed by atoms with Gasteiger partial charge in [-0.3, -0.25) is 4.79 Å². The van der Waals surface area contributed by atoms with Gasteiger partial charge in [-0.05, 0) is 30.2 Å². The summed E-state index contributed by atoms with van der Waals surface area (Å²) in [4.78, 5) is 10.5. The molecule has 1 atom stereocenters. The molecule has 5 nitrogen and oxygen atoms in total. The first-order valence-corrected chi connectivity index (χ1v) is 8.57. The molecule has 0 aliphatic rings. The summed E-state index contributed by atoms with van der Waals surface area (Å²) < 4.78 is 26.5. The summed E-state index contributed by atoms with van der Waals surface area (Å²) in [6, 6.07) is 3.26. The van der Waals surface area contributed by atoms with Gasteiger partial charge in [-0.1, -0.05) is 19.4 Å². The van der Waals surface area contributed by atoms with Gasteiger partial charge < -0.3 is 5.11 Å². The molecule has 108 valence electrons. The van der Waals surface area contributed by atoms with Crippen molar-refractivity contribution in [2.75, 3.05) is 6.54 Å². The molecule has 0 aliphatic heterocycles. The van der Waals surface area contributed by atoms with Gasteiger partial charge in [-0.25, -0.2) is 13.1 Å². The number of hydrogen-bond acceptors (Lipinski definition) is 4. The average molecular weight is 305 g/mol. The number of thiophene rings is 1. The summed E-state index contributed by atoms with van der Waals surface area (Å²) in [5.74, 6) is -0.570. The number of hydrogen-bond donors (Lipinski definition) is 2. The van der Waals surface area contributed by atoms with Crippen LogP contribution in [0.3, 0.4) is 0 Å². The number of aliphatic carboxylic acids is 1. The lowest BCUT2D eigenvalue weighted by atomic mass is 9.97. The molecule has 1 unspecified atom stereocenters. The fourth-order valence-corrected chi connectivity index (χ4v) is 3.85. The standard InChI is InChI=1S/C12H19NO4S2/c1-2-10(5-6-11(14)15)7-8-13-19(16,17)12-4-3-9-18-12/h3-4,9-10,13H,2,5-8H2,1H3,(H,14,15). The van der Waals surface area contributed by atoms with Crippen molar-refractivity contribution in [2.24, 2.45) is 5.92 Å². The molecule has 1 heterocycles. The number of sulfonamides is 1. The minimum atomic E-state index is -3.40. The molecule has 0 bridgehead atoms. The van der Waals surface area contributed by atoms with Crippen LogP contribution in [0.2, 0.25) is 0 Å². The first-order chi connectivity index (χ1) is 8.95. The van der Waals surface area contributed by atoms with Gasteiger partial charge in [0.1, 0.15) is 4.21 Å². The lowest BCUT2D eigenvalue weighted by molar-refractivity contribution is -0.137. The number of carbonyl (C=O) groups is 1. The quantitative estimate of drug-likeness (QED) is 0.733. The van der Waals surface area contributed by atoms with Crippen LogP contribution in [0.5, 0.6) is 0 Å². The van der Waals surface area contributed by atoms with Crippen LogP contribution in [0.4, 0.5) is 0 Å². The van der Waals surface area contributed by atoms with Gasteiger partial charge in [0.25, 0.3) is 0 Å². The van der Waals surface area contributed by atoms with Gasteiger partial charge in [0, 0.05) is 13.0 Å². The Hall–Kier alpha value is -0.920. The van der Waals surface area contributed by atoms with Crippen LogP contribution < -0.4 is 4.72 Å². The molecule has 0 saturated carbocycles. The van der Waals surface area contributed by atoms with Crippen LogP contribution in [0, 0.1) is 5.92 Å². The van der Waals surface area contributed by atoms with Crippen LogP contribution in [0.15, 0.2) is 21.7 Å². The summed E-state index contributed by atoms with van der Waals surface area (Å²) >= 11 is 1.18. The number of carboxylic acids is 1. The van der Waals surface area contributed by atoms with Crippen LogP contribution in [0.25, 0.3) is 0 Å². The smallest absolute Gasteiger partial charge is 0.303 e. The maximum Gasteiger partial charge on any atom is 0.303 e. The molecule has 0 radical (unpaired) electrons. The predicted octanol–water partition coefficient (Wildman–Crippen LogP) is 2.31. The van der Waals surface area contributed by atoms with Gasteiger partial charge in [-0.15, -0.1) is 11.3 Å². The largest absolute Gasteiger partial charge is 0.481 e. The second-order valence-electron chi connectivity index (χ2n) is 4.33. The van der Waals surface area contributed by atoms with Gasteiger partial charge in [0.2, 0.25) is 10.0 Å². The summed E-state index contributed by atoms with van der Waals surface area (Å²) in [5, 5.41) is 10.3. The van der Waals surface area contributed by atoms with Crippen molar-refractivity contribution in [3.8, 4) is 0 Å². The Bertz CT molecular complexity index is 482. The Morgan fingerprint density at radius 3 is 2.74 bits per heavy atom. The molecule has 0 aliphatic carbocycles. The highest BCUT2D eigenvalue weighted by Crippen LogP contribution is 2.17. The summed E-state index contributed by atoms with van der Waals surface area (Å²) in [7, 11) is -3.40. The highest BCUT2D eigenvalue weighted by Gasteiger charge is 2.15. The lowest BCUT2D eigenvalue weighted by Gasteiger charge is -2.13. The minimum absolute atomic E-state index is 0.135. The zero-order valence-corrected chi connectivity index (χ0v) is 12.5. The van der Waals surface area contributed by atoms with Crippen LogP contribution in [0.1, 0.15) is 32.6 Å². The van der Waals surface area contributed by atoms with Crippen LogP contribution >= 0.6 is 11.3 Å². The van der Waals surface area contributed by atoms with Gasteiger partial charge in [0.15, 0.2) is 0 Å². The molecule has 0 spiro atoms. The summed E-state index contributed by atoms with van der Waals surface area (Å²) in [5.41, 5.74) is 0. The molecule has 0 aromatic carbocycles. The normalized spacial score (nSPS) is 13.3. The van der Waals surface area contributed by atoms with E-state index in [-0.39, 0.29) is 12.3 Å². The Morgan fingerprint density at radius 2 is 2.21 bits per heavy atom. The van der Waals surface area contributed by atoms with E-state index >= 15 is 0 Å². The fraction of sp³-hybridized carbons (Fsp3) is 0.583. The third-order valence-electron chi connectivity index (χ3n) is 2.95. The van der Waals surface area contributed by atoms with Crippen LogP contribution in [-0.2, 0) is 14.8 Å². The molecule has 0 fully saturated rings. The molecule has 7 heteroatoms. The monoisotopic (exact) mass is 305 g/mol. The van der Waals surface area contributed by atoms with Crippen molar-refractivity contribution in [1.29, 1.82) is 0 Å². The molecule has 1 aromatic rings. The van der Waals surface area contributed by atoms with Gasteiger partial charge in [-0.2, -0.15) is 0 Å². The summed E-state index contributed by atoms with van der Waals surface area (Å²) in [6.45, 7) is 2.33. The van der Waals surface area contributed by atoms with E-state index in [4.69, 9.17) is 5.11 Å². The Balaban J connectivity index is 2.38. The zero-order valence-electron chi connectivity index (χ0n) is 10.8. The van der Waals surface area contributed by atoms with Gasteiger partial charge in [0.05, 0.1) is 0 Å². The minimum Gasteiger partial charge on any atom is -0.481 e. The fourth-order valence-electron chi connectivity index (χ4n) is 1.77. The first kappa shape index (κ1) is 16.1. The second-order valence-corrected chi connectivity index (χ2v) is 7.27. The second kappa shape index (κ2) is 7.62. The van der Waals surface area contributed by atoms with E-state index in [0.29, 0.717) is 23.6 Å². The molecular weight excluding hydrogens is 286 g/mol. The maximum absolute atomic E-state index is 11.8. The number of nitrogens with one attached hydrogen (secondary N) is 1. The molecule has 0 amide bonds. The molecule has 19 heavy (non-hydrogen) atoms. The van der Waals surface area contributed by atoms with E-state index in [1.54, 1.807) is 17.5 Å². The van der Waals surface area contributed by atoms with Crippen molar-refractivity contribution in [2.45, 2.75) is 36.8 Å². The number of rotatable bonds is 9. The van der Waals surface area contributed by atoms with Crippen molar-refractivity contribution in [3.05, 3.63) is 17.5 Å². The topological polar surface area (TPSA) is 83.5 Å². The van der Waals surface area contributed by atoms with E-state index < -0.39 is 16.0 Å². The molecular formula is C12H19NO4S2. The van der Waals surface area contributed by atoms with E-state index in [9.17, 15) is 13.2 Å². The molecule has 1 rings (SSSR count). The van der Waals surface area contributed by atoms with Crippen LogP contribution in [-0.4, -0.2) is 26.0 Å². The van der Waals surface area contributed by atoms with Crippen molar-refractivity contribution in [1.82, 2.24) is 4.72 Å². The van der Waals surface area contributed by atoms with E-state index in [1.165, 1.54) is 11.3 Å². The third-order valence-corrected chi connectivity index (χ3v) is 5.81. The summed E-state index contributed by atoms with van der Waals surface area (Å²) in [6.07, 6.45) is 2.24. The molecule has 0 saturated heterocycles. The van der Waals surface area contributed by atoms with E-state index in [1.807, 2.05) is 6.92 Å². The SMILES string of the molecule is CCC(CCNS(=O)(=O)c1cccs1)CCC(=O)O. The lowest BCUT2D eigenvalue weighted by Crippen LogP contribution is -2.25. The third kappa shape index (κ3) is 5.71. The van der Waals surface area contributed by atoms with Gasteiger partial charge >= 0.3 is 5.97 Å². The maximum atomic E-state index is 11.8. The number of carboxylic acid groups (broad SMARTS) is 1. The molecule has 1 aromatic heterocycles. The highest BCUT2D eigenvalue weighted by molar-refractivity contribution is 7.91. The Morgan fingerprint density at radius 1 is 1.47 bits per heavy atom. The Kier molecular flexibility index (Phi) is 6.47. The zero-order chi connectivity index (χ0) is 14.3. The highest BCUT2D eigenvalue weighted by atomic mass is 32.2. The van der Waals surface area contributed by atoms with E-state index in [2.05, 4.69) is 4.72 Å². The first-order valence-electron chi connectivity index (χ1n) is 6.20.